The predicted molar refractivity (Wildman–Crippen MR) is 145 cm³/mol. The molecule has 3 aromatic carbocycles. The quantitative estimate of drug-likeness (QED) is 0.360. The number of fused-ring (bicyclic) bond motifs is 4. The third-order valence-electron chi connectivity index (χ3n) is 7.19. The molecule has 0 saturated heterocycles. The number of sulfone groups is 1. The Labute approximate surface area is 223 Å². The molecule has 8 heteroatoms. The Bertz CT molecular complexity index is 1480. The molecule has 0 fully saturated rings. The molecule has 0 aromatic heterocycles. The van der Waals surface area contributed by atoms with Crippen LogP contribution in [0.4, 0.5) is 0 Å². The van der Waals surface area contributed by atoms with Gasteiger partial charge >= 0.3 is 5.97 Å². The summed E-state index contributed by atoms with van der Waals surface area (Å²) in [6.07, 6.45) is 3.55. The van der Waals surface area contributed by atoms with Crippen LogP contribution in [0.3, 0.4) is 0 Å². The van der Waals surface area contributed by atoms with Gasteiger partial charge in [0, 0.05) is 23.8 Å². The third kappa shape index (κ3) is 5.80. The van der Waals surface area contributed by atoms with E-state index in [0.717, 1.165) is 35.3 Å². The molecule has 1 heterocycles. The molecule has 0 spiro atoms. The number of carbonyl (C=O) groups is 1. The monoisotopic (exact) mass is 536 g/mol. The molecule has 3 aromatic rings. The van der Waals surface area contributed by atoms with Crippen molar-refractivity contribution < 1.29 is 32.5 Å². The number of rotatable bonds is 10. The fourth-order valence-corrected chi connectivity index (χ4v) is 6.09. The molecule has 1 unspecified atom stereocenters. The van der Waals surface area contributed by atoms with E-state index in [-0.39, 0.29) is 18.1 Å². The van der Waals surface area contributed by atoms with Gasteiger partial charge in [-0.1, -0.05) is 24.3 Å². The van der Waals surface area contributed by atoms with E-state index in [0.29, 0.717) is 37.7 Å². The number of carboxylic acids is 1. The van der Waals surface area contributed by atoms with E-state index < -0.39 is 15.8 Å². The van der Waals surface area contributed by atoms with Gasteiger partial charge in [0.15, 0.2) is 0 Å². The minimum absolute atomic E-state index is 0.0566. The Morgan fingerprint density at radius 2 is 1.92 bits per heavy atom. The van der Waals surface area contributed by atoms with Crippen LogP contribution in [0.15, 0.2) is 48.5 Å². The van der Waals surface area contributed by atoms with Crippen molar-refractivity contribution >= 4 is 15.8 Å². The lowest BCUT2D eigenvalue weighted by Crippen LogP contribution is -2.11. The molecule has 0 bridgehead atoms. The standard InChI is InChI=1S/C30H32O7S/c1-19-13-24(35-11-4-12-38(2,33)34)14-20-7-9-25-21(5-3-6-27(25)30(19)20)17-36-23-8-10-26-22(15-29(31)32)18-37-28(26)16-23/h3,5-6,8,10,13-14,16,22H,4,7,9,11-12,15,17-18H2,1-2H3,(H,31,32). The molecule has 2 aliphatic rings. The van der Waals surface area contributed by atoms with Crippen molar-refractivity contribution in [3.05, 3.63) is 76.3 Å². The van der Waals surface area contributed by atoms with Crippen LogP contribution in [0.5, 0.6) is 17.2 Å². The number of carboxylic acid groups (broad SMARTS) is 1. The average Bonchev–Trinajstić information content (AvgIpc) is 3.25. The molecule has 0 radical (unpaired) electrons. The van der Waals surface area contributed by atoms with Crippen molar-refractivity contribution in [2.45, 2.75) is 45.1 Å². The normalized spacial score (nSPS) is 15.7. The maximum Gasteiger partial charge on any atom is 0.304 e. The highest BCUT2D eigenvalue weighted by molar-refractivity contribution is 7.90. The van der Waals surface area contributed by atoms with Gasteiger partial charge in [0.05, 0.1) is 25.4 Å². The largest absolute Gasteiger partial charge is 0.494 e. The van der Waals surface area contributed by atoms with E-state index in [4.69, 9.17) is 19.3 Å². The second-order valence-electron chi connectivity index (χ2n) is 10.1. The minimum atomic E-state index is -2.99. The highest BCUT2D eigenvalue weighted by Gasteiger charge is 2.27. The van der Waals surface area contributed by atoms with Gasteiger partial charge in [0.2, 0.25) is 0 Å². The van der Waals surface area contributed by atoms with E-state index in [1.165, 1.54) is 28.5 Å². The van der Waals surface area contributed by atoms with Gasteiger partial charge < -0.3 is 19.3 Å². The van der Waals surface area contributed by atoms with Gasteiger partial charge in [0.1, 0.15) is 33.7 Å². The first-order chi connectivity index (χ1) is 18.2. The van der Waals surface area contributed by atoms with Crippen LogP contribution in [-0.2, 0) is 34.1 Å². The first kappa shape index (κ1) is 26.1. The smallest absolute Gasteiger partial charge is 0.304 e. The highest BCUT2D eigenvalue weighted by Crippen LogP contribution is 2.41. The predicted octanol–water partition coefficient (Wildman–Crippen LogP) is 5.10. The topological polar surface area (TPSA) is 99.1 Å². The molecule has 1 aliphatic carbocycles. The van der Waals surface area contributed by atoms with Crippen molar-refractivity contribution in [3.63, 3.8) is 0 Å². The van der Waals surface area contributed by atoms with Crippen LogP contribution in [0.25, 0.3) is 11.1 Å². The summed E-state index contributed by atoms with van der Waals surface area (Å²) in [5.41, 5.74) is 8.14. The molecule has 5 rings (SSSR count). The molecule has 0 amide bonds. The zero-order chi connectivity index (χ0) is 26.9. The summed E-state index contributed by atoms with van der Waals surface area (Å²) < 4.78 is 40.5. The minimum Gasteiger partial charge on any atom is -0.494 e. The van der Waals surface area contributed by atoms with Crippen molar-refractivity contribution in [3.8, 4) is 28.4 Å². The molecule has 1 atom stereocenters. The van der Waals surface area contributed by atoms with Gasteiger partial charge in [-0.3, -0.25) is 4.79 Å². The molecular formula is C30H32O7S. The highest BCUT2D eigenvalue weighted by atomic mass is 32.2. The summed E-state index contributed by atoms with van der Waals surface area (Å²) in [6, 6.07) is 16.1. The van der Waals surface area contributed by atoms with E-state index in [1.54, 1.807) is 0 Å². The van der Waals surface area contributed by atoms with Gasteiger partial charge in [-0.25, -0.2) is 8.42 Å². The fourth-order valence-electron chi connectivity index (χ4n) is 5.45. The number of aryl methyl sites for hydroxylation is 2. The Hall–Kier alpha value is -3.52. The maximum absolute atomic E-state index is 11.4. The lowest BCUT2D eigenvalue weighted by atomic mass is 9.81. The Morgan fingerprint density at radius 3 is 2.71 bits per heavy atom. The molecule has 200 valence electrons. The van der Waals surface area contributed by atoms with Gasteiger partial charge in [-0.15, -0.1) is 0 Å². The lowest BCUT2D eigenvalue weighted by Gasteiger charge is -2.25. The van der Waals surface area contributed by atoms with E-state index in [2.05, 4.69) is 31.2 Å². The van der Waals surface area contributed by atoms with Crippen molar-refractivity contribution in [1.82, 2.24) is 0 Å². The molecule has 0 saturated carbocycles. The van der Waals surface area contributed by atoms with Crippen LogP contribution < -0.4 is 14.2 Å². The van der Waals surface area contributed by atoms with E-state index in [9.17, 15) is 13.2 Å². The zero-order valence-corrected chi connectivity index (χ0v) is 22.5. The fraction of sp³-hybridized carbons (Fsp3) is 0.367. The van der Waals surface area contributed by atoms with Gasteiger partial charge in [-0.05, 0) is 77.8 Å². The summed E-state index contributed by atoms with van der Waals surface area (Å²) in [7, 11) is -2.99. The summed E-state index contributed by atoms with van der Waals surface area (Å²) in [5.74, 6) is 1.34. The van der Waals surface area contributed by atoms with Crippen LogP contribution >= 0.6 is 0 Å². The summed E-state index contributed by atoms with van der Waals surface area (Å²) >= 11 is 0. The molecule has 1 aliphatic heterocycles. The molecule has 1 N–H and O–H groups in total. The maximum atomic E-state index is 11.4. The van der Waals surface area contributed by atoms with Crippen LogP contribution in [-0.4, -0.2) is 44.7 Å². The van der Waals surface area contributed by atoms with Crippen molar-refractivity contribution in [1.29, 1.82) is 0 Å². The third-order valence-corrected chi connectivity index (χ3v) is 8.22. The second kappa shape index (κ2) is 10.7. The van der Waals surface area contributed by atoms with Crippen LogP contribution in [0, 0.1) is 6.92 Å². The van der Waals surface area contributed by atoms with Gasteiger partial charge in [0.25, 0.3) is 0 Å². The van der Waals surface area contributed by atoms with E-state index in [1.807, 2.05) is 24.3 Å². The number of aliphatic carboxylic acids is 1. The summed E-state index contributed by atoms with van der Waals surface area (Å²) in [4.78, 5) is 11.1. The first-order valence-corrected chi connectivity index (χ1v) is 14.9. The summed E-state index contributed by atoms with van der Waals surface area (Å²) in [6.45, 7) is 3.26. The average molecular weight is 537 g/mol. The van der Waals surface area contributed by atoms with Crippen LogP contribution in [0.1, 0.15) is 46.6 Å². The number of hydrogen-bond donors (Lipinski definition) is 1. The summed E-state index contributed by atoms with van der Waals surface area (Å²) in [5, 5.41) is 9.12. The SMILES string of the molecule is Cc1cc(OCCCS(C)(=O)=O)cc2c1-c1cccc(COc3ccc4c(c3)OCC4CC(=O)O)c1CC2. The molecular weight excluding hydrogens is 504 g/mol. The second-order valence-corrected chi connectivity index (χ2v) is 12.4. The van der Waals surface area contributed by atoms with Gasteiger partial charge in [-0.2, -0.15) is 0 Å². The van der Waals surface area contributed by atoms with Crippen LogP contribution in [0.2, 0.25) is 0 Å². The van der Waals surface area contributed by atoms with E-state index >= 15 is 0 Å². The first-order valence-electron chi connectivity index (χ1n) is 12.8. The molecule has 38 heavy (non-hydrogen) atoms. The Balaban J connectivity index is 1.29. The Kier molecular flexibility index (Phi) is 7.34. The number of benzene rings is 3. The zero-order valence-electron chi connectivity index (χ0n) is 21.7. The van der Waals surface area contributed by atoms with Crippen molar-refractivity contribution in [2.24, 2.45) is 0 Å². The lowest BCUT2D eigenvalue weighted by molar-refractivity contribution is -0.137. The number of hydrogen-bond acceptors (Lipinski definition) is 6. The van der Waals surface area contributed by atoms with Crippen molar-refractivity contribution in [2.75, 3.05) is 25.2 Å². The Morgan fingerprint density at radius 1 is 1.08 bits per heavy atom. The number of ether oxygens (including phenoxy) is 3. The molecule has 7 nitrogen and oxygen atoms in total.